The van der Waals surface area contributed by atoms with Gasteiger partial charge in [-0.3, -0.25) is 19.7 Å². The number of thiazole rings is 1. The van der Waals surface area contributed by atoms with Crippen molar-refractivity contribution in [1.82, 2.24) is 10.3 Å². The van der Waals surface area contributed by atoms with Gasteiger partial charge in [-0.2, -0.15) is 0 Å². The number of carbonyl (C=O) groups excluding carboxylic acids is 3. The molecule has 7 heteroatoms. The Kier molecular flexibility index (Phi) is 6.17. The lowest BCUT2D eigenvalue weighted by Crippen LogP contribution is -2.51. The van der Waals surface area contributed by atoms with Gasteiger partial charge in [-0.25, -0.2) is 4.98 Å². The van der Waals surface area contributed by atoms with Crippen LogP contribution in [0.5, 0.6) is 0 Å². The molecule has 6 nitrogen and oxygen atoms in total. The summed E-state index contributed by atoms with van der Waals surface area (Å²) in [5.74, 6) is -0.690. The molecule has 1 unspecified atom stereocenters. The van der Waals surface area contributed by atoms with E-state index in [0.717, 1.165) is 21.7 Å². The lowest BCUT2D eigenvalue weighted by molar-refractivity contribution is -0.138. The fourth-order valence-electron chi connectivity index (χ4n) is 4.40. The molecular weight excluding hydrogens is 434 g/mol. The number of piperidine rings is 1. The van der Waals surface area contributed by atoms with E-state index in [1.54, 1.807) is 12.1 Å². The van der Waals surface area contributed by atoms with E-state index >= 15 is 0 Å². The number of rotatable bonds is 5. The van der Waals surface area contributed by atoms with Crippen molar-refractivity contribution in [1.29, 1.82) is 0 Å². The molecule has 3 aromatic rings. The van der Waals surface area contributed by atoms with Gasteiger partial charge in [0.25, 0.3) is 5.91 Å². The second-order valence-electron chi connectivity index (χ2n) is 8.60. The number of anilines is 1. The molecule has 4 rings (SSSR count). The number of hydrogen-bond donors (Lipinski definition) is 2. The number of carbonyl (C=O) groups is 3. The third-order valence-corrected chi connectivity index (χ3v) is 7.57. The molecule has 1 saturated heterocycles. The Morgan fingerprint density at radius 1 is 1.12 bits per heavy atom. The second-order valence-corrected chi connectivity index (χ2v) is 9.60. The van der Waals surface area contributed by atoms with Crippen molar-refractivity contribution >= 4 is 34.7 Å². The summed E-state index contributed by atoms with van der Waals surface area (Å²) in [6.07, 6.45) is 1.41. The molecule has 3 amide bonds. The highest BCUT2D eigenvalue weighted by Gasteiger charge is 2.42. The zero-order chi connectivity index (χ0) is 23.8. The smallest absolute Gasteiger partial charge is 0.267 e. The lowest BCUT2D eigenvalue weighted by Gasteiger charge is -2.35. The highest BCUT2D eigenvalue weighted by atomic mass is 32.1. The van der Waals surface area contributed by atoms with E-state index in [1.165, 1.54) is 16.9 Å². The predicted molar refractivity (Wildman–Crippen MR) is 131 cm³/mol. The Morgan fingerprint density at radius 3 is 2.48 bits per heavy atom. The molecular formula is C26H27N3O3S. The summed E-state index contributed by atoms with van der Waals surface area (Å²) in [4.78, 5) is 42.4. The summed E-state index contributed by atoms with van der Waals surface area (Å²) in [5, 5.41) is 6.23. The molecule has 1 aliphatic heterocycles. The fraction of sp³-hybridized carbons (Fsp3) is 0.308. The van der Waals surface area contributed by atoms with Gasteiger partial charge in [-0.1, -0.05) is 42.8 Å². The number of benzene rings is 2. The van der Waals surface area contributed by atoms with Crippen molar-refractivity contribution in [3.05, 3.63) is 69.7 Å². The van der Waals surface area contributed by atoms with Gasteiger partial charge >= 0.3 is 0 Å². The quantitative estimate of drug-likeness (QED) is 0.519. The predicted octanol–water partition coefficient (Wildman–Crippen LogP) is 5.07. The van der Waals surface area contributed by atoms with Gasteiger partial charge in [0.05, 0.1) is 11.1 Å². The van der Waals surface area contributed by atoms with Crippen LogP contribution in [-0.4, -0.2) is 22.7 Å². The molecule has 170 valence electrons. The highest BCUT2D eigenvalue weighted by Crippen LogP contribution is 2.36. The van der Waals surface area contributed by atoms with E-state index in [4.69, 9.17) is 0 Å². The molecule has 0 spiro atoms. The average molecular weight is 462 g/mol. The van der Waals surface area contributed by atoms with E-state index in [9.17, 15) is 14.4 Å². The van der Waals surface area contributed by atoms with E-state index in [0.29, 0.717) is 35.5 Å². The molecule has 0 radical (unpaired) electrons. The van der Waals surface area contributed by atoms with Gasteiger partial charge in [-0.05, 0) is 56.9 Å². The number of amides is 3. The first kappa shape index (κ1) is 22.9. The molecule has 1 aliphatic rings. The maximum Gasteiger partial charge on any atom is 0.267 e. The van der Waals surface area contributed by atoms with Gasteiger partial charge in [-0.15, -0.1) is 11.3 Å². The van der Waals surface area contributed by atoms with E-state index < -0.39 is 5.41 Å². The Hall–Kier alpha value is -3.32. The Balaban J connectivity index is 1.53. The number of nitrogens with one attached hydrogen (secondary N) is 2. The normalized spacial score (nSPS) is 18.2. The zero-order valence-corrected chi connectivity index (χ0v) is 20.1. The van der Waals surface area contributed by atoms with E-state index in [-0.39, 0.29) is 17.7 Å². The molecule has 1 atom stereocenters. The summed E-state index contributed by atoms with van der Waals surface area (Å²) < 4.78 is 0. The number of hydrogen-bond acceptors (Lipinski definition) is 5. The lowest BCUT2D eigenvalue weighted by atomic mass is 9.72. The fourth-order valence-corrected chi connectivity index (χ4v) is 5.45. The SMILES string of the molecule is CCC1(c2ccc(NC(=O)c3sc(-c4ccc(C)cc4C)nc3C)cc2)CCC(=O)NC1=O. The van der Waals surface area contributed by atoms with Crippen LogP contribution < -0.4 is 10.6 Å². The number of nitrogens with zero attached hydrogens (tertiary/aromatic N) is 1. The third kappa shape index (κ3) is 4.33. The summed E-state index contributed by atoms with van der Waals surface area (Å²) in [6, 6.07) is 13.5. The van der Waals surface area contributed by atoms with Gasteiger partial charge in [0, 0.05) is 17.7 Å². The summed E-state index contributed by atoms with van der Waals surface area (Å²) in [6.45, 7) is 7.89. The van der Waals surface area contributed by atoms with Crippen LogP contribution in [0, 0.1) is 20.8 Å². The van der Waals surface area contributed by atoms with Crippen LogP contribution in [0.4, 0.5) is 5.69 Å². The first-order valence-corrected chi connectivity index (χ1v) is 11.9. The zero-order valence-electron chi connectivity index (χ0n) is 19.2. The third-order valence-electron chi connectivity index (χ3n) is 6.38. The molecule has 2 aromatic carbocycles. The standard InChI is InChI=1S/C26H27N3O3S/c1-5-26(13-12-21(30)29-25(26)32)18-7-9-19(10-8-18)28-23(31)22-17(4)27-24(33-22)20-11-6-15(2)14-16(20)3/h6-11,14H,5,12-13H2,1-4H3,(H,28,31)(H,29,30,32). The monoisotopic (exact) mass is 461 g/mol. The van der Waals surface area contributed by atoms with E-state index in [1.807, 2.05) is 45.0 Å². The number of aryl methyl sites for hydroxylation is 3. The van der Waals surface area contributed by atoms with Crippen LogP contribution in [0.1, 0.15) is 58.2 Å². The van der Waals surface area contributed by atoms with Gasteiger partial charge < -0.3 is 5.32 Å². The highest BCUT2D eigenvalue weighted by molar-refractivity contribution is 7.17. The maximum absolute atomic E-state index is 13.0. The largest absolute Gasteiger partial charge is 0.321 e. The maximum atomic E-state index is 13.0. The molecule has 0 saturated carbocycles. The molecule has 33 heavy (non-hydrogen) atoms. The van der Waals surface area contributed by atoms with E-state index in [2.05, 4.69) is 28.6 Å². The van der Waals surface area contributed by atoms with Crippen LogP contribution in [-0.2, 0) is 15.0 Å². The van der Waals surface area contributed by atoms with Crippen molar-refractivity contribution in [3.63, 3.8) is 0 Å². The molecule has 1 fully saturated rings. The van der Waals surface area contributed by atoms with Crippen LogP contribution >= 0.6 is 11.3 Å². The number of imide groups is 1. The van der Waals surface area contributed by atoms with Gasteiger partial charge in [0.15, 0.2) is 0 Å². The van der Waals surface area contributed by atoms with Gasteiger partial charge in [0.1, 0.15) is 9.88 Å². The summed E-state index contributed by atoms with van der Waals surface area (Å²) in [7, 11) is 0. The summed E-state index contributed by atoms with van der Waals surface area (Å²) in [5.41, 5.74) is 4.81. The molecule has 1 aromatic heterocycles. The van der Waals surface area contributed by atoms with Crippen molar-refractivity contribution in [2.75, 3.05) is 5.32 Å². The topological polar surface area (TPSA) is 88.2 Å². The Bertz CT molecular complexity index is 1250. The minimum Gasteiger partial charge on any atom is -0.321 e. The first-order chi connectivity index (χ1) is 15.7. The van der Waals surface area contributed by atoms with Crippen molar-refractivity contribution in [3.8, 4) is 10.6 Å². The first-order valence-electron chi connectivity index (χ1n) is 11.0. The van der Waals surface area contributed by atoms with Crippen LogP contribution in [0.25, 0.3) is 10.6 Å². The minimum atomic E-state index is -0.717. The van der Waals surface area contributed by atoms with Crippen LogP contribution in [0.2, 0.25) is 0 Å². The Labute approximate surface area is 197 Å². The second kappa shape index (κ2) is 8.90. The number of aromatic nitrogens is 1. The Morgan fingerprint density at radius 2 is 1.85 bits per heavy atom. The molecule has 0 bridgehead atoms. The molecule has 2 heterocycles. The van der Waals surface area contributed by atoms with Crippen molar-refractivity contribution in [2.24, 2.45) is 0 Å². The van der Waals surface area contributed by atoms with Crippen LogP contribution in [0.3, 0.4) is 0 Å². The van der Waals surface area contributed by atoms with Crippen molar-refractivity contribution in [2.45, 2.75) is 52.4 Å². The van der Waals surface area contributed by atoms with Gasteiger partial charge in [0.2, 0.25) is 11.8 Å². The minimum absolute atomic E-state index is 0.208. The molecule has 2 N–H and O–H groups in total. The summed E-state index contributed by atoms with van der Waals surface area (Å²) >= 11 is 1.38. The van der Waals surface area contributed by atoms with Crippen molar-refractivity contribution < 1.29 is 14.4 Å². The van der Waals surface area contributed by atoms with Crippen LogP contribution in [0.15, 0.2) is 42.5 Å². The molecule has 0 aliphatic carbocycles. The average Bonchev–Trinajstić information content (AvgIpc) is 3.16.